The number of rotatable bonds is 6. The van der Waals surface area contributed by atoms with Gasteiger partial charge in [-0.05, 0) is 26.0 Å². The summed E-state index contributed by atoms with van der Waals surface area (Å²) in [5, 5.41) is 5.45. The molecule has 3 aromatic rings. The lowest BCUT2D eigenvalue weighted by atomic mass is 10.2. The highest BCUT2D eigenvalue weighted by atomic mass is 32.1. The summed E-state index contributed by atoms with van der Waals surface area (Å²) in [4.78, 5) is 32.7. The highest BCUT2D eigenvalue weighted by Crippen LogP contribution is 2.23. The SMILES string of the molecule is CC(=O)c1csc(NC(=O)c2sc(COc3ccc(C)cc3)nc2C)n1. The average Bonchev–Trinajstić information content (AvgIpc) is 3.21. The van der Waals surface area contributed by atoms with Crippen molar-refractivity contribution in [2.45, 2.75) is 27.4 Å². The average molecular weight is 387 g/mol. The molecule has 8 heteroatoms. The highest BCUT2D eigenvalue weighted by molar-refractivity contribution is 7.15. The van der Waals surface area contributed by atoms with E-state index in [0.717, 1.165) is 16.3 Å². The number of amides is 1. The Morgan fingerprint density at radius 1 is 1.15 bits per heavy atom. The number of benzene rings is 1. The van der Waals surface area contributed by atoms with Crippen LogP contribution in [0.1, 0.15) is 43.3 Å². The Labute approximate surface area is 158 Å². The maximum absolute atomic E-state index is 12.4. The first-order valence-corrected chi connectivity index (χ1v) is 9.55. The molecule has 0 unspecified atom stereocenters. The van der Waals surface area contributed by atoms with Crippen molar-refractivity contribution in [1.29, 1.82) is 0 Å². The van der Waals surface area contributed by atoms with Gasteiger partial charge in [-0.15, -0.1) is 22.7 Å². The largest absolute Gasteiger partial charge is 0.486 e. The van der Waals surface area contributed by atoms with Crippen molar-refractivity contribution in [3.05, 3.63) is 56.5 Å². The molecular formula is C18H17N3O3S2. The summed E-state index contributed by atoms with van der Waals surface area (Å²) < 4.78 is 5.71. The zero-order chi connectivity index (χ0) is 18.7. The Hall–Kier alpha value is -2.58. The Kier molecular flexibility index (Phi) is 5.43. The third-order valence-corrected chi connectivity index (χ3v) is 5.40. The van der Waals surface area contributed by atoms with Gasteiger partial charge in [0.15, 0.2) is 10.9 Å². The summed E-state index contributed by atoms with van der Waals surface area (Å²) in [6.07, 6.45) is 0. The number of hydrogen-bond acceptors (Lipinski definition) is 7. The van der Waals surface area contributed by atoms with Crippen LogP contribution in [0.15, 0.2) is 29.6 Å². The lowest BCUT2D eigenvalue weighted by molar-refractivity contribution is 0.100. The molecule has 0 aliphatic heterocycles. The van der Waals surface area contributed by atoms with Gasteiger partial charge in [-0.3, -0.25) is 14.9 Å². The number of Topliss-reactive ketones (excluding diaryl/α,β-unsaturated/α-hetero) is 1. The van der Waals surface area contributed by atoms with E-state index < -0.39 is 0 Å². The standard InChI is InChI=1S/C18H17N3O3S2/c1-10-4-6-13(7-5-10)24-8-15-19-11(2)16(26-15)17(23)21-18-20-14(9-25-18)12(3)22/h4-7,9H,8H2,1-3H3,(H,20,21,23). The van der Waals surface area contributed by atoms with E-state index in [1.807, 2.05) is 31.2 Å². The van der Waals surface area contributed by atoms with Crippen LogP contribution in [0.4, 0.5) is 5.13 Å². The van der Waals surface area contributed by atoms with Crippen molar-refractivity contribution in [3.63, 3.8) is 0 Å². The zero-order valence-electron chi connectivity index (χ0n) is 14.5. The Morgan fingerprint density at radius 3 is 2.54 bits per heavy atom. The molecule has 2 heterocycles. The molecule has 6 nitrogen and oxygen atoms in total. The molecule has 0 bridgehead atoms. The van der Waals surface area contributed by atoms with Crippen LogP contribution in [0.5, 0.6) is 5.75 Å². The van der Waals surface area contributed by atoms with E-state index in [4.69, 9.17) is 4.74 Å². The molecule has 0 aliphatic carbocycles. The van der Waals surface area contributed by atoms with Crippen molar-refractivity contribution in [2.75, 3.05) is 5.32 Å². The van der Waals surface area contributed by atoms with E-state index >= 15 is 0 Å². The molecule has 0 saturated heterocycles. The Morgan fingerprint density at radius 2 is 1.88 bits per heavy atom. The fraction of sp³-hybridized carbons (Fsp3) is 0.222. The molecule has 134 valence electrons. The second kappa shape index (κ2) is 7.76. The summed E-state index contributed by atoms with van der Waals surface area (Å²) in [6.45, 7) is 5.53. The number of nitrogens with zero attached hydrogens (tertiary/aromatic N) is 2. The summed E-state index contributed by atoms with van der Waals surface area (Å²) in [5.41, 5.74) is 2.15. The van der Waals surface area contributed by atoms with E-state index in [1.165, 1.54) is 29.6 Å². The van der Waals surface area contributed by atoms with E-state index in [9.17, 15) is 9.59 Å². The smallest absolute Gasteiger partial charge is 0.269 e. The van der Waals surface area contributed by atoms with Crippen LogP contribution in [-0.4, -0.2) is 21.7 Å². The van der Waals surface area contributed by atoms with Crippen molar-refractivity contribution >= 4 is 39.5 Å². The second-order valence-corrected chi connectivity index (χ2v) is 7.61. The van der Waals surface area contributed by atoms with E-state index in [0.29, 0.717) is 28.0 Å². The molecule has 0 spiro atoms. The van der Waals surface area contributed by atoms with Crippen LogP contribution >= 0.6 is 22.7 Å². The molecule has 1 aromatic carbocycles. The maximum Gasteiger partial charge on any atom is 0.269 e. The Balaban J connectivity index is 1.65. The molecule has 26 heavy (non-hydrogen) atoms. The topological polar surface area (TPSA) is 81.2 Å². The van der Waals surface area contributed by atoms with Gasteiger partial charge in [0, 0.05) is 12.3 Å². The van der Waals surface area contributed by atoms with Crippen molar-refractivity contribution < 1.29 is 14.3 Å². The van der Waals surface area contributed by atoms with Gasteiger partial charge in [0.1, 0.15) is 27.9 Å². The fourth-order valence-electron chi connectivity index (χ4n) is 2.15. The number of aryl methyl sites for hydroxylation is 2. The van der Waals surface area contributed by atoms with Crippen LogP contribution in [0.25, 0.3) is 0 Å². The number of anilines is 1. The summed E-state index contributed by atoms with van der Waals surface area (Å²) in [7, 11) is 0. The van der Waals surface area contributed by atoms with Gasteiger partial charge in [-0.1, -0.05) is 17.7 Å². The van der Waals surface area contributed by atoms with Crippen LogP contribution < -0.4 is 10.1 Å². The number of ketones is 1. The van der Waals surface area contributed by atoms with Crippen molar-refractivity contribution in [2.24, 2.45) is 0 Å². The summed E-state index contributed by atoms with van der Waals surface area (Å²) in [5.74, 6) is 0.339. The number of aromatic nitrogens is 2. The molecular weight excluding hydrogens is 370 g/mol. The Bertz CT molecular complexity index is 945. The monoisotopic (exact) mass is 387 g/mol. The lowest BCUT2D eigenvalue weighted by Crippen LogP contribution is -2.11. The number of carbonyl (C=O) groups is 2. The minimum absolute atomic E-state index is 0.133. The highest BCUT2D eigenvalue weighted by Gasteiger charge is 2.17. The van der Waals surface area contributed by atoms with Gasteiger partial charge >= 0.3 is 0 Å². The molecule has 1 N–H and O–H groups in total. The molecule has 1 amide bonds. The van der Waals surface area contributed by atoms with Gasteiger partial charge in [0.05, 0.1) is 5.69 Å². The van der Waals surface area contributed by atoms with Crippen LogP contribution in [0, 0.1) is 13.8 Å². The van der Waals surface area contributed by atoms with Gasteiger partial charge in [-0.2, -0.15) is 0 Å². The van der Waals surface area contributed by atoms with E-state index in [-0.39, 0.29) is 11.7 Å². The minimum atomic E-state index is -0.286. The van der Waals surface area contributed by atoms with Gasteiger partial charge < -0.3 is 4.74 Å². The zero-order valence-corrected chi connectivity index (χ0v) is 16.2. The van der Waals surface area contributed by atoms with Crippen LogP contribution in [-0.2, 0) is 6.61 Å². The number of ether oxygens (including phenoxy) is 1. The molecule has 0 radical (unpaired) electrons. The molecule has 2 aromatic heterocycles. The van der Waals surface area contributed by atoms with Gasteiger partial charge in [0.2, 0.25) is 0 Å². The minimum Gasteiger partial charge on any atom is -0.486 e. The maximum atomic E-state index is 12.4. The summed E-state index contributed by atoms with van der Waals surface area (Å²) in [6, 6.07) is 7.76. The van der Waals surface area contributed by atoms with E-state index in [1.54, 1.807) is 12.3 Å². The second-order valence-electron chi connectivity index (χ2n) is 5.67. The molecule has 0 fully saturated rings. The van der Waals surface area contributed by atoms with Gasteiger partial charge in [-0.25, -0.2) is 9.97 Å². The first-order chi connectivity index (χ1) is 12.4. The van der Waals surface area contributed by atoms with Crippen LogP contribution in [0.2, 0.25) is 0 Å². The third-order valence-electron chi connectivity index (χ3n) is 3.52. The van der Waals surface area contributed by atoms with E-state index in [2.05, 4.69) is 15.3 Å². The normalized spacial score (nSPS) is 10.6. The number of hydrogen-bond donors (Lipinski definition) is 1. The first-order valence-electron chi connectivity index (χ1n) is 7.86. The predicted octanol–water partition coefficient (Wildman–Crippen LogP) is 4.25. The van der Waals surface area contributed by atoms with Crippen molar-refractivity contribution in [1.82, 2.24) is 9.97 Å². The lowest BCUT2D eigenvalue weighted by Gasteiger charge is -2.03. The van der Waals surface area contributed by atoms with Crippen LogP contribution in [0.3, 0.4) is 0 Å². The predicted molar refractivity (Wildman–Crippen MR) is 102 cm³/mol. The molecule has 0 atom stereocenters. The molecule has 0 aliphatic rings. The first kappa shape index (κ1) is 18.2. The third kappa shape index (κ3) is 4.33. The number of carbonyl (C=O) groups excluding carboxylic acids is 2. The number of thiazole rings is 2. The molecule has 3 rings (SSSR count). The summed E-state index contributed by atoms with van der Waals surface area (Å²) >= 11 is 2.50. The quantitative estimate of drug-likeness (QED) is 0.640. The molecule has 0 saturated carbocycles. The number of nitrogens with one attached hydrogen (secondary N) is 1. The van der Waals surface area contributed by atoms with Crippen molar-refractivity contribution in [3.8, 4) is 5.75 Å². The van der Waals surface area contributed by atoms with Gasteiger partial charge in [0.25, 0.3) is 5.91 Å². The fourth-order valence-corrected chi connectivity index (χ4v) is 3.77.